The summed E-state index contributed by atoms with van der Waals surface area (Å²) in [6.45, 7) is 0.610. The number of para-hydroxylation sites is 1. The van der Waals surface area contributed by atoms with E-state index in [1.165, 1.54) is 18.4 Å². The molecule has 1 saturated carbocycles. The number of nitrogens with one attached hydrogen (secondary N) is 1. The highest BCUT2D eigenvalue weighted by molar-refractivity contribution is 6.30. The number of methoxy groups -OCH3 is 1. The Kier molecular flexibility index (Phi) is 5.10. The van der Waals surface area contributed by atoms with E-state index in [9.17, 15) is 4.79 Å². The van der Waals surface area contributed by atoms with E-state index < -0.39 is 0 Å². The summed E-state index contributed by atoms with van der Waals surface area (Å²) in [5.41, 5.74) is 1.73. The van der Waals surface area contributed by atoms with Gasteiger partial charge in [0, 0.05) is 28.1 Å². The third kappa shape index (κ3) is 3.41. The zero-order chi connectivity index (χ0) is 17.0. The van der Waals surface area contributed by atoms with Gasteiger partial charge >= 0.3 is 0 Å². The third-order valence-electron chi connectivity index (χ3n) is 4.91. The number of hydrogen-bond donors (Lipinski definition) is 1. The van der Waals surface area contributed by atoms with Crippen molar-refractivity contribution in [2.45, 2.75) is 31.1 Å². The molecule has 0 heterocycles. The molecule has 1 aliphatic rings. The van der Waals surface area contributed by atoms with E-state index >= 15 is 0 Å². The van der Waals surface area contributed by atoms with Gasteiger partial charge in [-0.25, -0.2) is 0 Å². The van der Waals surface area contributed by atoms with Crippen LogP contribution in [0.15, 0.2) is 48.5 Å². The van der Waals surface area contributed by atoms with Gasteiger partial charge in [0.25, 0.3) is 5.91 Å². The van der Waals surface area contributed by atoms with Crippen LogP contribution in [-0.2, 0) is 5.41 Å². The van der Waals surface area contributed by atoms with Crippen molar-refractivity contribution in [1.29, 1.82) is 0 Å². The van der Waals surface area contributed by atoms with E-state index in [-0.39, 0.29) is 11.3 Å². The molecule has 0 unspecified atom stereocenters. The Hall–Kier alpha value is -2.00. The molecule has 3 nitrogen and oxygen atoms in total. The number of ether oxygens (including phenoxy) is 1. The van der Waals surface area contributed by atoms with Crippen LogP contribution in [0.2, 0.25) is 5.02 Å². The van der Waals surface area contributed by atoms with Gasteiger partial charge in [-0.15, -0.1) is 0 Å². The lowest BCUT2D eigenvalue weighted by Gasteiger charge is -2.31. The molecule has 0 atom stereocenters. The SMILES string of the molecule is COc1ccccc1C1(CNC(=O)c2cccc(Cl)c2)CCCC1. The first-order valence-electron chi connectivity index (χ1n) is 8.32. The smallest absolute Gasteiger partial charge is 0.251 e. The molecule has 1 N–H and O–H groups in total. The van der Waals surface area contributed by atoms with Gasteiger partial charge in [-0.3, -0.25) is 4.79 Å². The monoisotopic (exact) mass is 343 g/mol. The van der Waals surface area contributed by atoms with Gasteiger partial charge in [0.15, 0.2) is 0 Å². The lowest BCUT2D eigenvalue weighted by atomic mass is 9.78. The van der Waals surface area contributed by atoms with Crippen molar-refractivity contribution >= 4 is 17.5 Å². The highest BCUT2D eigenvalue weighted by Crippen LogP contribution is 2.44. The van der Waals surface area contributed by atoms with Gasteiger partial charge in [-0.1, -0.05) is 48.7 Å². The summed E-state index contributed by atoms with van der Waals surface area (Å²) in [4.78, 5) is 12.5. The zero-order valence-electron chi connectivity index (χ0n) is 13.8. The molecule has 126 valence electrons. The molecular formula is C20H22ClNO2. The van der Waals surface area contributed by atoms with Crippen LogP contribution in [0.4, 0.5) is 0 Å². The van der Waals surface area contributed by atoms with Crippen molar-refractivity contribution in [2.75, 3.05) is 13.7 Å². The van der Waals surface area contributed by atoms with Crippen molar-refractivity contribution in [2.24, 2.45) is 0 Å². The summed E-state index contributed by atoms with van der Waals surface area (Å²) in [6.07, 6.45) is 4.46. The van der Waals surface area contributed by atoms with Gasteiger partial charge in [-0.2, -0.15) is 0 Å². The molecule has 3 rings (SSSR count). The van der Waals surface area contributed by atoms with Crippen LogP contribution in [0.1, 0.15) is 41.6 Å². The van der Waals surface area contributed by atoms with E-state index in [2.05, 4.69) is 11.4 Å². The highest BCUT2D eigenvalue weighted by atomic mass is 35.5. The Morgan fingerprint density at radius 2 is 1.92 bits per heavy atom. The Labute approximate surface area is 148 Å². The minimum Gasteiger partial charge on any atom is -0.496 e. The normalized spacial score (nSPS) is 15.9. The fraction of sp³-hybridized carbons (Fsp3) is 0.350. The van der Waals surface area contributed by atoms with Crippen molar-refractivity contribution in [3.05, 3.63) is 64.7 Å². The van der Waals surface area contributed by atoms with E-state index in [1.54, 1.807) is 31.4 Å². The predicted molar refractivity (Wildman–Crippen MR) is 96.9 cm³/mol. The molecule has 0 saturated heterocycles. The van der Waals surface area contributed by atoms with Crippen LogP contribution in [0.25, 0.3) is 0 Å². The van der Waals surface area contributed by atoms with Crippen molar-refractivity contribution < 1.29 is 9.53 Å². The van der Waals surface area contributed by atoms with Crippen LogP contribution in [0.5, 0.6) is 5.75 Å². The Bertz CT molecular complexity index is 723. The summed E-state index contributed by atoms with van der Waals surface area (Å²) in [6, 6.07) is 15.2. The standard InChI is InChI=1S/C20H22ClNO2/c1-24-18-10-3-2-9-17(18)20(11-4-5-12-20)14-22-19(23)15-7-6-8-16(21)13-15/h2-3,6-10,13H,4-5,11-12,14H2,1H3,(H,22,23). The van der Waals surface area contributed by atoms with Gasteiger partial charge in [-0.05, 0) is 37.1 Å². The third-order valence-corrected chi connectivity index (χ3v) is 5.15. The van der Waals surface area contributed by atoms with Gasteiger partial charge in [0.1, 0.15) is 5.75 Å². The van der Waals surface area contributed by atoms with Gasteiger partial charge in [0.2, 0.25) is 0 Å². The van der Waals surface area contributed by atoms with E-state index in [4.69, 9.17) is 16.3 Å². The molecule has 1 amide bonds. The Morgan fingerprint density at radius 3 is 2.62 bits per heavy atom. The Morgan fingerprint density at radius 1 is 1.17 bits per heavy atom. The molecule has 0 radical (unpaired) electrons. The lowest BCUT2D eigenvalue weighted by Crippen LogP contribution is -2.39. The molecule has 0 aromatic heterocycles. The fourth-order valence-corrected chi connectivity index (χ4v) is 3.85. The van der Waals surface area contributed by atoms with Crippen LogP contribution >= 0.6 is 11.6 Å². The first-order valence-corrected chi connectivity index (χ1v) is 8.70. The number of carbonyl (C=O) groups excluding carboxylic acids is 1. The van der Waals surface area contributed by atoms with E-state index in [1.807, 2.05) is 18.2 Å². The number of hydrogen-bond acceptors (Lipinski definition) is 2. The minimum absolute atomic E-state index is 0.0547. The minimum atomic E-state index is -0.0846. The highest BCUT2D eigenvalue weighted by Gasteiger charge is 2.38. The molecule has 0 bridgehead atoms. The average molecular weight is 344 g/mol. The number of amides is 1. The van der Waals surface area contributed by atoms with Crippen molar-refractivity contribution in [1.82, 2.24) is 5.32 Å². The van der Waals surface area contributed by atoms with Crippen LogP contribution < -0.4 is 10.1 Å². The summed E-state index contributed by atoms with van der Waals surface area (Å²) in [7, 11) is 1.70. The fourth-order valence-electron chi connectivity index (χ4n) is 3.66. The molecule has 4 heteroatoms. The maximum atomic E-state index is 12.5. The molecule has 2 aromatic carbocycles. The molecule has 1 aliphatic carbocycles. The molecular weight excluding hydrogens is 322 g/mol. The maximum absolute atomic E-state index is 12.5. The predicted octanol–water partition coefficient (Wildman–Crippen LogP) is 4.59. The second-order valence-electron chi connectivity index (χ2n) is 6.38. The van der Waals surface area contributed by atoms with E-state index in [0.29, 0.717) is 17.1 Å². The molecule has 24 heavy (non-hydrogen) atoms. The van der Waals surface area contributed by atoms with Crippen LogP contribution in [0, 0.1) is 0 Å². The Balaban J connectivity index is 1.81. The summed E-state index contributed by atoms with van der Waals surface area (Å²) >= 11 is 5.98. The number of carbonyl (C=O) groups is 1. The summed E-state index contributed by atoms with van der Waals surface area (Å²) in [5.74, 6) is 0.815. The van der Waals surface area contributed by atoms with Crippen LogP contribution in [0.3, 0.4) is 0 Å². The van der Waals surface area contributed by atoms with Crippen LogP contribution in [-0.4, -0.2) is 19.6 Å². The van der Waals surface area contributed by atoms with E-state index in [0.717, 1.165) is 18.6 Å². The van der Waals surface area contributed by atoms with Gasteiger partial charge in [0.05, 0.1) is 7.11 Å². The largest absolute Gasteiger partial charge is 0.496 e. The summed E-state index contributed by atoms with van der Waals surface area (Å²) < 4.78 is 5.56. The molecule has 0 aliphatic heterocycles. The molecule has 1 fully saturated rings. The molecule has 2 aromatic rings. The summed E-state index contributed by atoms with van der Waals surface area (Å²) in [5, 5.41) is 3.68. The van der Waals surface area contributed by atoms with Crippen molar-refractivity contribution in [3.8, 4) is 5.75 Å². The maximum Gasteiger partial charge on any atom is 0.251 e. The second kappa shape index (κ2) is 7.27. The molecule has 0 spiro atoms. The van der Waals surface area contributed by atoms with Gasteiger partial charge < -0.3 is 10.1 Å². The quantitative estimate of drug-likeness (QED) is 0.862. The number of halogens is 1. The average Bonchev–Trinajstić information content (AvgIpc) is 3.09. The first-order chi connectivity index (χ1) is 11.6. The number of rotatable bonds is 5. The number of benzene rings is 2. The topological polar surface area (TPSA) is 38.3 Å². The second-order valence-corrected chi connectivity index (χ2v) is 6.82. The lowest BCUT2D eigenvalue weighted by molar-refractivity contribution is 0.0942. The van der Waals surface area contributed by atoms with Crippen molar-refractivity contribution in [3.63, 3.8) is 0 Å². The zero-order valence-corrected chi connectivity index (χ0v) is 14.6. The first kappa shape index (κ1) is 16.8.